The number of hydrogen-bond acceptors (Lipinski definition) is 4. The van der Waals surface area contributed by atoms with Crippen LogP contribution in [0.15, 0.2) is 0 Å². The second kappa shape index (κ2) is 10.1. The smallest absolute Gasteiger partial charge is 0.232 e. The van der Waals surface area contributed by atoms with Crippen molar-refractivity contribution >= 4 is 23.1 Å². The fraction of sp³-hybridized carbons (Fsp3) is 0.846. The van der Waals surface area contributed by atoms with Gasteiger partial charge in [0.05, 0.1) is 23.6 Å². The molecule has 0 bridgehead atoms. The van der Waals surface area contributed by atoms with Crippen LogP contribution in [0.1, 0.15) is 33.1 Å². The molecule has 0 aliphatic carbocycles. The van der Waals surface area contributed by atoms with Crippen molar-refractivity contribution in [2.75, 3.05) is 33.5 Å². The third-order valence-corrected chi connectivity index (χ3v) is 3.64. The molecule has 0 rings (SSSR count). The zero-order valence-electron chi connectivity index (χ0n) is 12.2. The first-order valence-electron chi connectivity index (χ1n) is 6.64. The van der Waals surface area contributed by atoms with Crippen molar-refractivity contribution in [3.63, 3.8) is 0 Å². The highest BCUT2D eigenvalue weighted by Crippen LogP contribution is 2.21. The van der Waals surface area contributed by atoms with Crippen LogP contribution in [-0.2, 0) is 14.3 Å². The van der Waals surface area contributed by atoms with Crippen LogP contribution in [0.25, 0.3) is 0 Å². The number of amides is 1. The molecule has 5 nitrogen and oxygen atoms in total. The van der Waals surface area contributed by atoms with E-state index >= 15 is 0 Å². The molecular formula is C13H26N2O3S. The highest BCUT2D eigenvalue weighted by Gasteiger charge is 2.33. The molecule has 0 aliphatic rings. The first-order valence-corrected chi connectivity index (χ1v) is 7.04. The monoisotopic (exact) mass is 290 g/mol. The summed E-state index contributed by atoms with van der Waals surface area (Å²) < 4.78 is 10.2. The normalized spacial score (nSPS) is 13.8. The van der Waals surface area contributed by atoms with Gasteiger partial charge in [-0.25, -0.2) is 0 Å². The number of carbonyl (C=O) groups excluding carboxylic acids is 1. The molecular weight excluding hydrogens is 264 g/mol. The van der Waals surface area contributed by atoms with E-state index in [2.05, 4.69) is 5.32 Å². The number of rotatable bonds is 11. The third-order valence-electron chi connectivity index (χ3n) is 3.18. The van der Waals surface area contributed by atoms with Crippen molar-refractivity contribution in [2.45, 2.75) is 33.1 Å². The van der Waals surface area contributed by atoms with Crippen molar-refractivity contribution in [2.24, 2.45) is 11.1 Å². The van der Waals surface area contributed by atoms with E-state index in [-0.39, 0.29) is 10.9 Å². The molecule has 6 heteroatoms. The quantitative estimate of drug-likeness (QED) is 0.442. The Morgan fingerprint density at radius 2 is 2.00 bits per heavy atom. The van der Waals surface area contributed by atoms with Crippen LogP contribution in [0, 0.1) is 5.41 Å². The van der Waals surface area contributed by atoms with Gasteiger partial charge in [-0.1, -0.05) is 19.1 Å². The molecule has 112 valence electrons. The predicted octanol–water partition coefficient (Wildman–Crippen LogP) is 1.25. The molecule has 1 unspecified atom stereocenters. The summed E-state index contributed by atoms with van der Waals surface area (Å²) in [6.45, 7) is 6.20. The van der Waals surface area contributed by atoms with Crippen LogP contribution in [0.2, 0.25) is 0 Å². The molecule has 19 heavy (non-hydrogen) atoms. The van der Waals surface area contributed by atoms with E-state index < -0.39 is 5.41 Å². The molecule has 1 atom stereocenters. The van der Waals surface area contributed by atoms with Gasteiger partial charge in [-0.15, -0.1) is 0 Å². The number of hydrogen-bond donors (Lipinski definition) is 2. The van der Waals surface area contributed by atoms with E-state index in [1.807, 2.05) is 6.92 Å². The number of ether oxygens (including phenoxy) is 2. The van der Waals surface area contributed by atoms with Gasteiger partial charge >= 0.3 is 0 Å². The van der Waals surface area contributed by atoms with E-state index in [0.717, 1.165) is 12.8 Å². The van der Waals surface area contributed by atoms with E-state index in [1.54, 1.807) is 14.0 Å². The average molecular weight is 290 g/mol. The Labute approximate surface area is 121 Å². The Morgan fingerprint density at radius 3 is 2.53 bits per heavy atom. The maximum Gasteiger partial charge on any atom is 0.232 e. The second-order valence-electron chi connectivity index (χ2n) is 4.62. The highest BCUT2D eigenvalue weighted by molar-refractivity contribution is 7.80. The van der Waals surface area contributed by atoms with Crippen LogP contribution in [0.3, 0.4) is 0 Å². The van der Waals surface area contributed by atoms with Crippen LogP contribution in [-0.4, -0.2) is 44.4 Å². The van der Waals surface area contributed by atoms with E-state index in [4.69, 9.17) is 27.4 Å². The van der Waals surface area contributed by atoms with Gasteiger partial charge < -0.3 is 20.5 Å². The topological polar surface area (TPSA) is 73.6 Å². The lowest BCUT2D eigenvalue weighted by molar-refractivity contribution is -0.127. The zero-order chi connectivity index (χ0) is 14.7. The minimum atomic E-state index is -0.746. The zero-order valence-corrected chi connectivity index (χ0v) is 13.0. The van der Waals surface area contributed by atoms with Crippen LogP contribution in [0.5, 0.6) is 0 Å². The Hall–Kier alpha value is -0.720. The van der Waals surface area contributed by atoms with Gasteiger partial charge in [0.25, 0.3) is 0 Å². The van der Waals surface area contributed by atoms with Crippen molar-refractivity contribution < 1.29 is 14.3 Å². The molecule has 0 aromatic carbocycles. The van der Waals surface area contributed by atoms with Gasteiger partial charge in [-0.05, 0) is 26.2 Å². The van der Waals surface area contributed by atoms with Gasteiger partial charge in [0.1, 0.15) is 0 Å². The number of unbranched alkanes of at least 4 members (excludes halogenated alkanes) is 1. The number of carbonyl (C=O) groups is 1. The molecule has 0 fully saturated rings. The molecule has 0 saturated heterocycles. The Morgan fingerprint density at radius 1 is 1.32 bits per heavy atom. The van der Waals surface area contributed by atoms with Crippen molar-refractivity contribution in [1.29, 1.82) is 0 Å². The van der Waals surface area contributed by atoms with Gasteiger partial charge in [-0.3, -0.25) is 4.79 Å². The van der Waals surface area contributed by atoms with Crippen molar-refractivity contribution in [3.05, 3.63) is 0 Å². The summed E-state index contributed by atoms with van der Waals surface area (Å²) in [6, 6.07) is 0. The van der Waals surface area contributed by atoms with Crippen LogP contribution in [0.4, 0.5) is 0 Å². The maximum atomic E-state index is 12.0. The molecule has 0 aliphatic heterocycles. The number of methoxy groups -OCH3 is 1. The lowest BCUT2D eigenvalue weighted by Gasteiger charge is -2.25. The number of nitrogens with two attached hydrogens (primary N) is 1. The fourth-order valence-electron chi connectivity index (χ4n) is 1.42. The lowest BCUT2D eigenvalue weighted by atomic mass is 9.86. The standard InChI is InChI=1S/C13H26N2O3S/c1-4-13(2,11(14)19)12(16)15-7-5-6-8-18-10-9-17-3/h4-10H2,1-3H3,(H2,14,19)(H,15,16). The summed E-state index contributed by atoms with van der Waals surface area (Å²) >= 11 is 4.95. The molecule has 0 saturated carbocycles. The molecule has 0 aromatic heterocycles. The Bertz CT molecular complexity index is 287. The van der Waals surface area contributed by atoms with Gasteiger partial charge in [-0.2, -0.15) is 0 Å². The SMILES string of the molecule is CCC(C)(C(=O)NCCCCOCCOC)C(N)=S. The molecule has 0 spiro atoms. The first-order chi connectivity index (χ1) is 8.99. The van der Waals surface area contributed by atoms with Gasteiger partial charge in [0, 0.05) is 20.3 Å². The minimum absolute atomic E-state index is 0.0946. The molecule has 1 amide bonds. The number of nitrogens with one attached hydrogen (secondary N) is 1. The van der Waals surface area contributed by atoms with E-state index in [1.165, 1.54) is 0 Å². The summed E-state index contributed by atoms with van der Waals surface area (Å²) in [5, 5.41) is 2.87. The van der Waals surface area contributed by atoms with Crippen molar-refractivity contribution in [1.82, 2.24) is 5.32 Å². The summed E-state index contributed by atoms with van der Waals surface area (Å²) in [5.74, 6) is -0.0946. The van der Waals surface area contributed by atoms with Gasteiger partial charge in [0.15, 0.2) is 0 Å². The summed E-state index contributed by atoms with van der Waals surface area (Å²) in [7, 11) is 1.64. The van der Waals surface area contributed by atoms with Gasteiger partial charge in [0.2, 0.25) is 5.91 Å². The third kappa shape index (κ3) is 6.84. The van der Waals surface area contributed by atoms with Crippen LogP contribution < -0.4 is 11.1 Å². The lowest BCUT2D eigenvalue weighted by Crippen LogP contribution is -2.46. The van der Waals surface area contributed by atoms with E-state index in [9.17, 15) is 4.79 Å². The first kappa shape index (κ1) is 18.3. The molecule has 0 radical (unpaired) electrons. The molecule has 0 heterocycles. The summed E-state index contributed by atoms with van der Waals surface area (Å²) in [5.41, 5.74) is 4.87. The second-order valence-corrected chi connectivity index (χ2v) is 5.06. The molecule has 0 aromatic rings. The number of thiocarbonyl (C=S) groups is 1. The van der Waals surface area contributed by atoms with Crippen molar-refractivity contribution in [3.8, 4) is 0 Å². The fourth-order valence-corrected chi connectivity index (χ4v) is 1.65. The summed E-state index contributed by atoms with van der Waals surface area (Å²) in [6.07, 6.45) is 2.38. The minimum Gasteiger partial charge on any atom is -0.392 e. The largest absolute Gasteiger partial charge is 0.392 e. The van der Waals surface area contributed by atoms with Crippen LogP contribution >= 0.6 is 12.2 Å². The Kier molecular flexibility index (Phi) is 9.73. The summed E-state index contributed by atoms with van der Waals surface area (Å²) in [4.78, 5) is 12.2. The predicted molar refractivity (Wildman–Crippen MR) is 80.1 cm³/mol. The molecule has 3 N–H and O–H groups in total. The Balaban J connectivity index is 3.71. The van der Waals surface area contributed by atoms with E-state index in [0.29, 0.717) is 32.8 Å². The average Bonchev–Trinajstić information content (AvgIpc) is 2.40. The highest BCUT2D eigenvalue weighted by atomic mass is 32.1. The maximum absolute atomic E-state index is 12.0.